The van der Waals surface area contributed by atoms with Crippen LogP contribution in [0.2, 0.25) is 0 Å². The topological polar surface area (TPSA) is 61.3 Å². The summed E-state index contributed by atoms with van der Waals surface area (Å²) in [7, 11) is 6.47. The van der Waals surface area contributed by atoms with Crippen molar-refractivity contribution in [3.05, 3.63) is 45.0 Å². The Morgan fingerprint density at radius 2 is 1.64 bits per heavy atom. The number of nitrogens with one attached hydrogen (secondary N) is 1. The molecule has 2 aromatic rings. The molecule has 0 aliphatic carbocycles. The summed E-state index contributed by atoms with van der Waals surface area (Å²) in [5, 5.41) is 4.26. The number of methoxy groups -OCH3 is 4. The highest BCUT2D eigenvalue weighted by Crippen LogP contribution is 2.33. The van der Waals surface area contributed by atoms with E-state index in [1.165, 1.54) is 0 Å². The molecule has 0 atom stereocenters. The molecule has 0 spiro atoms. The van der Waals surface area contributed by atoms with Crippen LogP contribution in [0.5, 0.6) is 23.0 Å². The maximum absolute atomic E-state index is 5.34. The normalized spacial score (nSPS) is 10.6. The predicted molar refractivity (Wildman–Crippen MR) is 106 cm³/mol. The van der Waals surface area contributed by atoms with Crippen LogP contribution in [0.15, 0.2) is 35.4 Å². The number of hydrazone groups is 1. The summed E-state index contributed by atoms with van der Waals surface area (Å²) in [6.45, 7) is 0.571. The maximum atomic E-state index is 5.34. The molecule has 0 fully saturated rings. The second-order valence-corrected chi connectivity index (χ2v) is 6.18. The molecule has 0 heterocycles. The highest BCUT2D eigenvalue weighted by molar-refractivity contribution is 14.1. The lowest BCUT2D eigenvalue weighted by Crippen LogP contribution is -2.06. The molecule has 2 aromatic carbocycles. The van der Waals surface area contributed by atoms with E-state index >= 15 is 0 Å². The third-order valence-electron chi connectivity index (χ3n) is 3.49. The molecule has 7 heteroatoms. The molecule has 134 valence electrons. The Hall–Kier alpha value is -2.16. The molecule has 0 unspecified atom stereocenters. The van der Waals surface area contributed by atoms with Crippen LogP contribution < -0.4 is 24.4 Å². The van der Waals surface area contributed by atoms with Crippen LogP contribution in [-0.4, -0.2) is 34.7 Å². The van der Waals surface area contributed by atoms with E-state index < -0.39 is 0 Å². The lowest BCUT2D eigenvalue weighted by molar-refractivity contribution is 0.353. The third kappa shape index (κ3) is 4.91. The minimum atomic E-state index is 0.571. The molecule has 0 aromatic heterocycles. The van der Waals surface area contributed by atoms with Gasteiger partial charge in [-0.3, -0.25) is 0 Å². The van der Waals surface area contributed by atoms with E-state index in [0.717, 1.165) is 20.4 Å². The van der Waals surface area contributed by atoms with Crippen molar-refractivity contribution in [1.82, 2.24) is 5.43 Å². The lowest BCUT2D eigenvalue weighted by atomic mass is 10.2. The van der Waals surface area contributed by atoms with Gasteiger partial charge in [0, 0.05) is 0 Å². The molecule has 0 aliphatic heterocycles. The number of ether oxygens (including phenoxy) is 4. The average Bonchev–Trinajstić information content (AvgIpc) is 2.64. The zero-order valence-corrected chi connectivity index (χ0v) is 16.8. The molecular formula is C18H21IN2O4. The van der Waals surface area contributed by atoms with Crippen molar-refractivity contribution < 1.29 is 18.9 Å². The minimum absolute atomic E-state index is 0.571. The Bertz CT molecular complexity index is 750. The zero-order valence-electron chi connectivity index (χ0n) is 14.6. The Morgan fingerprint density at radius 1 is 0.920 bits per heavy atom. The first-order chi connectivity index (χ1) is 12.1. The first-order valence-electron chi connectivity index (χ1n) is 7.51. The van der Waals surface area contributed by atoms with Crippen molar-refractivity contribution in [3.8, 4) is 23.0 Å². The van der Waals surface area contributed by atoms with Gasteiger partial charge in [-0.1, -0.05) is 6.07 Å². The highest BCUT2D eigenvalue weighted by Gasteiger charge is 2.09. The monoisotopic (exact) mass is 456 g/mol. The molecule has 25 heavy (non-hydrogen) atoms. The van der Waals surface area contributed by atoms with Gasteiger partial charge in [-0.25, -0.2) is 0 Å². The summed E-state index contributed by atoms with van der Waals surface area (Å²) >= 11 is 2.21. The quantitative estimate of drug-likeness (QED) is 0.375. The van der Waals surface area contributed by atoms with Crippen molar-refractivity contribution in [3.63, 3.8) is 0 Å². The molecule has 1 N–H and O–H groups in total. The van der Waals surface area contributed by atoms with Crippen LogP contribution in [0.1, 0.15) is 11.1 Å². The van der Waals surface area contributed by atoms with E-state index in [0.29, 0.717) is 23.8 Å². The van der Waals surface area contributed by atoms with Crippen molar-refractivity contribution in [2.45, 2.75) is 6.54 Å². The molecule has 6 nitrogen and oxygen atoms in total. The fraction of sp³-hybridized carbons (Fsp3) is 0.278. The van der Waals surface area contributed by atoms with Crippen molar-refractivity contribution in [2.75, 3.05) is 28.4 Å². The van der Waals surface area contributed by atoms with Gasteiger partial charge in [0.05, 0.1) is 44.8 Å². The molecule has 0 saturated heterocycles. The number of benzene rings is 2. The standard InChI is InChI=1S/C18H21IN2O4/c1-22-15-6-5-12(8-16(15)23-2)10-20-21-11-13-7-14(19)18(25-4)17(9-13)24-3/h5-9,11,20H,10H2,1-4H3/b21-11+. The summed E-state index contributed by atoms with van der Waals surface area (Å²) in [6.07, 6.45) is 1.74. The largest absolute Gasteiger partial charge is 0.493 e. The summed E-state index contributed by atoms with van der Waals surface area (Å²) in [5.74, 6) is 2.80. The molecule has 2 rings (SSSR count). The zero-order chi connectivity index (χ0) is 18.2. The highest BCUT2D eigenvalue weighted by atomic mass is 127. The van der Waals surface area contributed by atoms with Crippen molar-refractivity contribution in [1.29, 1.82) is 0 Å². The van der Waals surface area contributed by atoms with E-state index in [9.17, 15) is 0 Å². The molecule has 0 aliphatic rings. The van der Waals surface area contributed by atoms with Crippen LogP contribution in [0.25, 0.3) is 0 Å². The average molecular weight is 456 g/mol. The Labute approximate surface area is 161 Å². The van der Waals surface area contributed by atoms with E-state index in [1.807, 2.05) is 30.3 Å². The van der Waals surface area contributed by atoms with Gasteiger partial charge in [0.2, 0.25) is 0 Å². The van der Waals surface area contributed by atoms with Crippen molar-refractivity contribution >= 4 is 28.8 Å². The minimum Gasteiger partial charge on any atom is -0.493 e. The second-order valence-electron chi connectivity index (χ2n) is 5.02. The lowest BCUT2D eigenvalue weighted by Gasteiger charge is -2.10. The van der Waals surface area contributed by atoms with Crippen LogP contribution in [-0.2, 0) is 6.54 Å². The number of rotatable bonds is 8. The van der Waals surface area contributed by atoms with E-state index in [4.69, 9.17) is 18.9 Å². The molecule has 0 radical (unpaired) electrons. The van der Waals surface area contributed by atoms with Crippen LogP contribution in [0.3, 0.4) is 0 Å². The summed E-state index contributed by atoms with van der Waals surface area (Å²) in [6, 6.07) is 9.60. The van der Waals surface area contributed by atoms with Gasteiger partial charge in [-0.15, -0.1) is 0 Å². The Morgan fingerprint density at radius 3 is 2.28 bits per heavy atom. The number of nitrogens with zero attached hydrogens (tertiary/aromatic N) is 1. The number of hydrogen-bond acceptors (Lipinski definition) is 6. The van der Waals surface area contributed by atoms with E-state index in [-0.39, 0.29) is 0 Å². The SMILES string of the molecule is COc1ccc(CN/N=C/c2cc(I)c(OC)c(OC)c2)cc1OC. The summed E-state index contributed by atoms with van der Waals surface area (Å²) in [5.41, 5.74) is 4.98. The van der Waals surface area contributed by atoms with Crippen LogP contribution in [0, 0.1) is 3.57 Å². The Kier molecular flexibility index (Phi) is 7.17. The maximum Gasteiger partial charge on any atom is 0.174 e. The molecular weight excluding hydrogens is 435 g/mol. The van der Waals surface area contributed by atoms with Gasteiger partial charge in [0.15, 0.2) is 23.0 Å². The van der Waals surface area contributed by atoms with Gasteiger partial charge in [-0.05, 0) is 58.0 Å². The molecule has 0 saturated carbocycles. The number of hydrogen-bond donors (Lipinski definition) is 1. The fourth-order valence-electron chi connectivity index (χ4n) is 2.26. The van der Waals surface area contributed by atoms with Gasteiger partial charge in [0.25, 0.3) is 0 Å². The molecule has 0 bridgehead atoms. The second kappa shape index (κ2) is 9.36. The van der Waals surface area contributed by atoms with Gasteiger partial charge in [-0.2, -0.15) is 5.10 Å². The van der Waals surface area contributed by atoms with Gasteiger partial charge < -0.3 is 24.4 Å². The predicted octanol–water partition coefficient (Wildman–Crippen LogP) is 3.45. The van der Waals surface area contributed by atoms with E-state index in [1.54, 1.807) is 34.7 Å². The first-order valence-corrected chi connectivity index (χ1v) is 8.59. The fourth-order valence-corrected chi connectivity index (χ4v) is 3.11. The van der Waals surface area contributed by atoms with Gasteiger partial charge >= 0.3 is 0 Å². The number of halogens is 1. The Balaban J connectivity index is 2.03. The van der Waals surface area contributed by atoms with Crippen LogP contribution in [0.4, 0.5) is 0 Å². The van der Waals surface area contributed by atoms with Crippen molar-refractivity contribution in [2.24, 2.45) is 5.10 Å². The summed E-state index contributed by atoms with van der Waals surface area (Å²) in [4.78, 5) is 0. The van der Waals surface area contributed by atoms with E-state index in [2.05, 4.69) is 33.1 Å². The first kappa shape index (κ1) is 19.2. The molecule has 0 amide bonds. The third-order valence-corrected chi connectivity index (χ3v) is 4.29. The smallest absolute Gasteiger partial charge is 0.174 e. The van der Waals surface area contributed by atoms with Crippen LogP contribution >= 0.6 is 22.6 Å². The van der Waals surface area contributed by atoms with Gasteiger partial charge in [0.1, 0.15) is 0 Å². The summed E-state index contributed by atoms with van der Waals surface area (Å²) < 4.78 is 22.2.